The van der Waals surface area contributed by atoms with Gasteiger partial charge in [0.05, 0.1) is 20.4 Å². The monoisotopic (exact) mass is 368 g/mol. The largest absolute Gasteiger partial charge is 0.493 e. The molecule has 1 aliphatic heterocycles. The van der Waals surface area contributed by atoms with Gasteiger partial charge < -0.3 is 14.2 Å². The van der Waals surface area contributed by atoms with Crippen molar-refractivity contribution in [2.24, 2.45) is 0 Å². The molecule has 0 spiro atoms. The molecule has 0 unspecified atom stereocenters. The first-order valence-electron chi connectivity index (χ1n) is 8.02. The van der Waals surface area contributed by atoms with Gasteiger partial charge in [-0.25, -0.2) is 0 Å². The van der Waals surface area contributed by atoms with Crippen molar-refractivity contribution in [3.05, 3.63) is 41.4 Å². The van der Waals surface area contributed by atoms with Crippen LogP contribution in [-0.2, 0) is 6.42 Å². The smallest absolute Gasteiger partial charge is 0.449 e. The molecule has 8 heteroatoms. The van der Waals surface area contributed by atoms with E-state index in [1.807, 2.05) is 13.8 Å². The van der Waals surface area contributed by atoms with Crippen molar-refractivity contribution in [1.29, 1.82) is 0 Å². The number of hydrogen-bond donors (Lipinski definition) is 0. The molecule has 1 aromatic heterocycles. The summed E-state index contributed by atoms with van der Waals surface area (Å²) in [7, 11) is 2.78. The molecular weight excluding hydrogens is 349 g/mol. The molecule has 0 amide bonds. The van der Waals surface area contributed by atoms with Crippen molar-refractivity contribution in [3.8, 4) is 17.2 Å². The van der Waals surface area contributed by atoms with Gasteiger partial charge in [-0.05, 0) is 19.9 Å². The van der Waals surface area contributed by atoms with Crippen LogP contribution in [0.5, 0.6) is 17.2 Å². The minimum atomic E-state index is -4.65. The number of fused-ring (bicyclic) bond motifs is 1. The van der Waals surface area contributed by atoms with Crippen molar-refractivity contribution in [1.82, 2.24) is 9.78 Å². The van der Waals surface area contributed by atoms with E-state index in [4.69, 9.17) is 14.2 Å². The molecule has 1 aromatic carbocycles. The van der Waals surface area contributed by atoms with Crippen LogP contribution in [0.3, 0.4) is 0 Å². The van der Waals surface area contributed by atoms with Crippen LogP contribution in [0, 0.1) is 0 Å². The Kier molecular flexibility index (Phi) is 4.60. The van der Waals surface area contributed by atoms with Gasteiger partial charge in [0.25, 0.3) is 0 Å². The van der Waals surface area contributed by atoms with Crippen molar-refractivity contribution >= 4 is 5.57 Å². The molecule has 0 atom stereocenters. The highest BCUT2D eigenvalue weighted by molar-refractivity contribution is 5.75. The van der Waals surface area contributed by atoms with Gasteiger partial charge in [0.2, 0.25) is 11.5 Å². The summed E-state index contributed by atoms with van der Waals surface area (Å²) in [4.78, 5) is 0. The van der Waals surface area contributed by atoms with Gasteiger partial charge in [-0.2, -0.15) is 18.3 Å². The Hall–Kier alpha value is -2.64. The summed E-state index contributed by atoms with van der Waals surface area (Å²) in [6.45, 7) is 3.80. The minimum absolute atomic E-state index is 0.0270. The zero-order valence-electron chi connectivity index (χ0n) is 14.8. The first-order valence-corrected chi connectivity index (χ1v) is 8.02. The Morgan fingerprint density at radius 2 is 1.92 bits per heavy atom. The second-order valence-electron chi connectivity index (χ2n) is 6.18. The fourth-order valence-electron chi connectivity index (χ4n) is 2.86. The van der Waals surface area contributed by atoms with Gasteiger partial charge >= 0.3 is 6.18 Å². The third kappa shape index (κ3) is 3.11. The van der Waals surface area contributed by atoms with E-state index in [9.17, 15) is 13.2 Å². The number of rotatable bonds is 4. The van der Waals surface area contributed by atoms with Crippen molar-refractivity contribution < 1.29 is 27.4 Å². The summed E-state index contributed by atoms with van der Waals surface area (Å²) in [5.41, 5.74) is 1.01. The van der Waals surface area contributed by atoms with E-state index >= 15 is 0 Å². The van der Waals surface area contributed by atoms with Crippen LogP contribution in [0.1, 0.15) is 31.0 Å². The normalized spacial score (nSPS) is 14.3. The average Bonchev–Trinajstić information content (AvgIpc) is 3.09. The number of benzene rings is 1. The predicted molar refractivity (Wildman–Crippen MR) is 89.5 cm³/mol. The number of ether oxygens (including phenoxy) is 3. The Morgan fingerprint density at radius 3 is 2.46 bits per heavy atom. The van der Waals surface area contributed by atoms with Crippen LogP contribution in [0.15, 0.2) is 30.3 Å². The molecule has 0 saturated carbocycles. The summed E-state index contributed by atoms with van der Waals surface area (Å²) in [5, 5.41) is 4.14. The highest BCUT2D eigenvalue weighted by Gasteiger charge is 2.43. The topological polar surface area (TPSA) is 45.5 Å². The molecule has 0 radical (unpaired) electrons. The van der Waals surface area contributed by atoms with E-state index in [-0.39, 0.29) is 29.5 Å². The Morgan fingerprint density at radius 1 is 1.19 bits per heavy atom. The summed E-state index contributed by atoms with van der Waals surface area (Å²) < 4.78 is 58.3. The zero-order valence-corrected chi connectivity index (χ0v) is 14.8. The third-order valence-corrected chi connectivity index (χ3v) is 4.16. The van der Waals surface area contributed by atoms with E-state index in [0.717, 1.165) is 0 Å². The lowest BCUT2D eigenvalue weighted by Crippen LogP contribution is -2.23. The number of hydrogen-bond acceptors (Lipinski definition) is 4. The lowest BCUT2D eigenvalue weighted by atomic mass is 9.95. The molecule has 0 bridgehead atoms. The maximum Gasteiger partial charge on any atom is 0.449 e. The standard InChI is InChI=1S/C18H19F3N2O3/c1-10(2)23-9-12(8-22-23)13-7-11-5-6-14(24-3)16(25-4)15(11)26-17(13)18(19,20)21/h5-6,8-10H,7H2,1-4H3. The summed E-state index contributed by atoms with van der Waals surface area (Å²) in [6.07, 6.45) is -1.58. The number of allylic oxidation sites excluding steroid dienone is 2. The molecule has 2 heterocycles. The number of alkyl halides is 3. The third-order valence-electron chi connectivity index (χ3n) is 4.16. The van der Waals surface area contributed by atoms with Crippen molar-refractivity contribution in [2.45, 2.75) is 32.5 Å². The molecule has 5 nitrogen and oxygen atoms in total. The zero-order chi connectivity index (χ0) is 19.1. The number of methoxy groups -OCH3 is 2. The lowest BCUT2D eigenvalue weighted by molar-refractivity contribution is -0.116. The van der Waals surface area contributed by atoms with Gasteiger partial charge in [-0.1, -0.05) is 6.07 Å². The van der Waals surface area contributed by atoms with E-state index in [2.05, 4.69) is 5.10 Å². The molecular formula is C18H19F3N2O3. The van der Waals surface area contributed by atoms with E-state index in [1.165, 1.54) is 20.4 Å². The molecule has 26 heavy (non-hydrogen) atoms. The number of halogens is 3. The number of aromatic nitrogens is 2. The first-order chi connectivity index (χ1) is 12.3. The fraction of sp³-hybridized carbons (Fsp3) is 0.389. The molecule has 0 saturated heterocycles. The maximum atomic E-state index is 13.7. The summed E-state index contributed by atoms with van der Waals surface area (Å²) in [6, 6.07) is 3.37. The van der Waals surface area contributed by atoms with Crippen LogP contribution in [0.25, 0.3) is 5.57 Å². The van der Waals surface area contributed by atoms with Gasteiger partial charge in [-0.15, -0.1) is 0 Å². The molecule has 0 aliphatic carbocycles. The Bertz CT molecular complexity index is 854. The highest BCUT2D eigenvalue weighted by atomic mass is 19.4. The van der Waals surface area contributed by atoms with Gasteiger partial charge in [0, 0.05) is 35.4 Å². The van der Waals surface area contributed by atoms with Crippen molar-refractivity contribution in [2.75, 3.05) is 14.2 Å². The fourth-order valence-corrected chi connectivity index (χ4v) is 2.86. The molecule has 1 aliphatic rings. The van der Waals surface area contributed by atoms with Crippen LogP contribution < -0.4 is 14.2 Å². The lowest BCUT2D eigenvalue weighted by Gasteiger charge is -2.26. The maximum absolute atomic E-state index is 13.7. The molecule has 0 fully saturated rings. The van der Waals surface area contributed by atoms with Crippen LogP contribution in [0.2, 0.25) is 0 Å². The van der Waals surface area contributed by atoms with E-state index in [1.54, 1.807) is 23.0 Å². The van der Waals surface area contributed by atoms with E-state index in [0.29, 0.717) is 16.9 Å². The minimum Gasteiger partial charge on any atom is -0.493 e. The average molecular weight is 368 g/mol. The summed E-state index contributed by atoms with van der Waals surface area (Å²) in [5.74, 6) is -0.577. The van der Waals surface area contributed by atoms with E-state index < -0.39 is 11.9 Å². The van der Waals surface area contributed by atoms with Gasteiger partial charge in [-0.3, -0.25) is 4.68 Å². The number of nitrogens with zero attached hydrogens (tertiary/aromatic N) is 2. The van der Waals surface area contributed by atoms with Crippen molar-refractivity contribution in [3.63, 3.8) is 0 Å². The van der Waals surface area contributed by atoms with Gasteiger partial charge in [0.1, 0.15) is 0 Å². The van der Waals surface area contributed by atoms with Crippen LogP contribution in [-0.4, -0.2) is 30.2 Å². The second kappa shape index (κ2) is 6.59. The quantitative estimate of drug-likeness (QED) is 0.803. The predicted octanol–water partition coefficient (Wildman–Crippen LogP) is 4.39. The SMILES string of the molecule is COc1ccc2c(c1OC)OC(C(F)(F)F)=C(c1cnn(C(C)C)c1)C2. The van der Waals surface area contributed by atoms with Gasteiger partial charge in [0.15, 0.2) is 11.5 Å². The van der Waals surface area contributed by atoms with Crippen LogP contribution >= 0.6 is 0 Å². The Labute approximate surface area is 149 Å². The molecule has 0 N–H and O–H groups in total. The second-order valence-corrected chi connectivity index (χ2v) is 6.18. The highest BCUT2D eigenvalue weighted by Crippen LogP contribution is 2.48. The molecule has 140 valence electrons. The molecule has 2 aromatic rings. The first kappa shape index (κ1) is 18.2. The summed E-state index contributed by atoms with van der Waals surface area (Å²) >= 11 is 0. The Balaban J connectivity index is 2.14. The van der Waals surface area contributed by atoms with Crippen LogP contribution in [0.4, 0.5) is 13.2 Å². The molecule has 3 rings (SSSR count).